The fourth-order valence-corrected chi connectivity index (χ4v) is 1.55. The summed E-state index contributed by atoms with van der Waals surface area (Å²) in [7, 11) is 1.68. The number of aliphatic hydroxyl groups excluding tert-OH is 1. The van der Waals surface area contributed by atoms with E-state index in [1.54, 1.807) is 20.0 Å². The molecule has 0 aliphatic carbocycles. The van der Waals surface area contributed by atoms with E-state index in [-0.39, 0.29) is 5.91 Å². The van der Waals surface area contributed by atoms with Gasteiger partial charge in [0, 0.05) is 19.7 Å². The second-order valence-electron chi connectivity index (χ2n) is 4.26. The van der Waals surface area contributed by atoms with Gasteiger partial charge in [-0.2, -0.15) is 0 Å². The zero-order valence-electron chi connectivity index (χ0n) is 10.6. The highest BCUT2D eigenvalue weighted by atomic mass is 16.3. The van der Waals surface area contributed by atoms with Crippen LogP contribution < -0.4 is 0 Å². The Bertz CT molecular complexity index is 410. The fraction of sp³-hybridized carbons (Fsp3) is 0.357. The average Bonchev–Trinajstić information content (AvgIpc) is 2.26. The van der Waals surface area contributed by atoms with Gasteiger partial charge in [-0.25, -0.2) is 0 Å². The van der Waals surface area contributed by atoms with Crippen molar-refractivity contribution in [3.63, 3.8) is 0 Å². The molecule has 3 heteroatoms. The van der Waals surface area contributed by atoms with Gasteiger partial charge >= 0.3 is 0 Å². The van der Waals surface area contributed by atoms with Crippen molar-refractivity contribution in [3.8, 4) is 0 Å². The summed E-state index contributed by atoms with van der Waals surface area (Å²) in [5.74, 6) is -0.103. The van der Waals surface area contributed by atoms with Crippen LogP contribution in [0.5, 0.6) is 0 Å². The maximum absolute atomic E-state index is 11.7. The van der Waals surface area contributed by atoms with Gasteiger partial charge in [0.2, 0.25) is 5.91 Å². The van der Waals surface area contributed by atoms with Crippen molar-refractivity contribution < 1.29 is 9.90 Å². The Balaban J connectivity index is 2.65. The number of nitrogens with zero attached hydrogens (tertiary/aromatic N) is 1. The molecule has 1 amide bonds. The van der Waals surface area contributed by atoms with E-state index in [9.17, 15) is 9.90 Å². The van der Waals surface area contributed by atoms with Gasteiger partial charge in [0.1, 0.15) is 0 Å². The molecule has 0 aliphatic heterocycles. The molecular weight excluding hydrogens is 214 g/mol. The number of hydrogen-bond acceptors (Lipinski definition) is 2. The van der Waals surface area contributed by atoms with Gasteiger partial charge in [-0.1, -0.05) is 24.3 Å². The summed E-state index contributed by atoms with van der Waals surface area (Å²) in [5.41, 5.74) is 2.17. The van der Waals surface area contributed by atoms with Gasteiger partial charge in [0.25, 0.3) is 0 Å². The minimum Gasteiger partial charge on any atom is -0.392 e. The lowest BCUT2D eigenvalue weighted by Gasteiger charge is -2.16. The topological polar surface area (TPSA) is 40.5 Å². The molecule has 92 valence electrons. The molecule has 0 heterocycles. The zero-order chi connectivity index (χ0) is 12.8. The summed E-state index contributed by atoms with van der Waals surface area (Å²) < 4.78 is 0. The lowest BCUT2D eigenvalue weighted by molar-refractivity contribution is -0.125. The first-order valence-electron chi connectivity index (χ1n) is 5.67. The van der Waals surface area contributed by atoms with E-state index in [0.717, 1.165) is 11.1 Å². The molecule has 0 aliphatic rings. The van der Waals surface area contributed by atoms with Crippen LogP contribution in [-0.2, 0) is 4.79 Å². The average molecular weight is 233 g/mol. The van der Waals surface area contributed by atoms with Gasteiger partial charge in [-0.3, -0.25) is 4.79 Å². The van der Waals surface area contributed by atoms with Crippen LogP contribution in [0.2, 0.25) is 0 Å². The molecule has 1 aromatic rings. The first-order valence-corrected chi connectivity index (χ1v) is 5.67. The SMILES string of the molecule is Cc1ccccc1C=CC(=O)N(C)CC(C)O. The molecule has 0 saturated carbocycles. The third kappa shape index (κ3) is 4.41. The van der Waals surface area contributed by atoms with Crippen molar-refractivity contribution in [3.05, 3.63) is 41.5 Å². The van der Waals surface area contributed by atoms with Gasteiger partial charge in [0.05, 0.1) is 6.10 Å². The van der Waals surface area contributed by atoms with Crippen LogP contribution in [0, 0.1) is 6.92 Å². The van der Waals surface area contributed by atoms with Crippen molar-refractivity contribution in [2.75, 3.05) is 13.6 Å². The largest absolute Gasteiger partial charge is 0.392 e. The Morgan fingerprint density at radius 2 is 2.12 bits per heavy atom. The minimum atomic E-state index is -0.504. The van der Waals surface area contributed by atoms with Crippen LogP contribution in [0.25, 0.3) is 6.08 Å². The molecular formula is C14H19NO2. The summed E-state index contributed by atoms with van der Waals surface area (Å²) in [6.45, 7) is 4.01. The highest BCUT2D eigenvalue weighted by Crippen LogP contribution is 2.08. The minimum absolute atomic E-state index is 0.103. The lowest BCUT2D eigenvalue weighted by atomic mass is 10.1. The van der Waals surface area contributed by atoms with Gasteiger partial charge < -0.3 is 10.0 Å². The molecule has 0 aromatic heterocycles. The summed E-state index contributed by atoms with van der Waals surface area (Å²) >= 11 is 0. The third-order valence-electron chi connectivity index (χ3n) is 2.51. The number of carbonyl (C=O) groups is 1. The number of benzene rings is 1. The van der Waals surface area contributed by atoms with Crippen molar-refractivity contribution in [1.29, 1.82) is 0 Å². The number of aliphatic hydroxyl groups is 1. The van der Waals surface area contributed by atoms with Crippen molar-refractivity contribution >= 4 is 12.0 Å². The Kier molecular flexibility index (Phi) is 4.91. The van der Waals surface area contributed by atoms with Crippen LogP contribution in [0.3, 0.4) is 0 Å². The molecule has 0 fully saturated rings. The van der Waals surface area contributed by atoms with E-state index in [2.05, 4.69) is 0 Å². The third-order valence-corrected chi connectivity index (χ3v) is 2.51. The first-order chi connectivity index (χ1) is 8.00. The number of aryl methyl sites for hydroxylation is 1. The van der Waals surface area contributed by atoms with Crippen LogP contribution in [0.4, 0.5) is 0 Å². The molecule has 1 aromatic carbocycles. The number of likely N-dealkylation sites (N-methyl/N-ethyl adjacent to an activating group) is 1. The van der Waals surface area contributed by atoms with E-state index in [1.807, 2.05) is 31.2 Å². The number of carbonyl (C=O) groups excluding carboxylic acids is 1. The molecule has 3 nitrogen and oxygen atoms in total. The van der Waals surface area contributed by atoms with Crippen molar-refractivity contribution in [2.24, 2.45) is 0 Å². The number of amides is 1. The molecule has 17 heavy (non-hydrogen) atoms. The summed E-state index contributed by atoms with van der Waals surface area (Å²) in [5, 5.41) is 9.18. The van der Waals surface area contributed by atoms with Crippen molar-refractivity contribution in [1.82, 2.24) is 4.90 Å². The normalized spacial score (nSPS) is 12.7. The van der Waals surface area contributed by atoms with E-state index < -0.39 is 6.10 Å². The van der Waals surface area contributed by atoms with Gasteiger partial charge in [-0.15, -0.1) is 0 Å². The van der Waals surface area contributed by atoms with E-state index in [4.69, 9.17) is 0 Å². The number of rotatable bonds is 4. The smallest absolute Gasteiger partial charge is 0.246 e. The summed E-state index contributed by atoms with van der Waals surface area (Å²) in [6, 6.07) is 7.88. The second-order valence-corrected chi connectivity index (χ2v) is 4.26. The van der Waals surface area contributed by atoms with Gasteiger partial charge in [-0.05, 0) is 31.1 Å². The predicted octanol–water partition coefficient (Wildman–Crippen LogP) is 1.85. The van der Waals surface area contributed by atoms with Crippen LogP contribution in [0.15, 0.2) is 30.3 Å². The van der Waals surface area contributed by atoms with E-state index in [1.165, 1.54) is 11.0 Å². The van der Waals surface area contributed by atoms with Crippen LogP contribution in [-0.4, -0.2) is 35.6 Å². The molecule has 0 saturated heterocycles. The Labute approximate surface area is 102 Å². The molecule has 1 N–H and O–H groups in total. The maximum Gasteiger partial charge on any atom is 0.246 e. The Hall–Kier alpha value is -1.61. The highest BCUT2D eigenvalue weighted by Gasteiger charge is 2.07. The first kappa shape index (κ1) is 13.5. The molecule has 0 spiro atoms. The monoisotopic (exact) mass is 233 g/mol. The van der Waals surface area contributed by atoms with E-state index >= 15 is 0 Å². The maximum atomic E-state index is 11.7. The quantitative estimate of drug-likeness (QED) is 0.806. The molecule has 1 atom stereocenters. The molecule has 1 unspecified atom stereocenters. The zero-order valence-corrected chi connectivity index (χ0v) is 10.6. The lowest BCUT2D eigenvalue weighted by Crippen LogP contribution is -2.31. The molecule has 1 rings (SSSR count). The Morgan fingerprint density at radius 1 is 1.47 bits per heavy atom. The standard InChI is InChI=1S/C14H19NO2/c1-11-6-4-5-7-13(11)8-9-14(17)15(3)10-12(2)16/h4-9,12,16H,10H2,1-3H3. The van der Waals surface area contributed by atoms with Crippen molar-refractivity contribution in [2.45, 2.75) is 20.0 Å². The number of hydrogen-bond donors (Lipinski definition) is 1. The second kappa shape index (κ2) is 6.21. The molecule has 0 radical (unpaired) electrons. The van der Waals surface area contributed by atoms with Gasteiger partial charge in [0.15, 0.2) is 0 Å². The van der Waals surface area contributed by atoms with E-state index in [0.29, 0.717) is 6.54 Å². The predicted molar refractivity (Wildman–Crippen MR) is 69.5 cm³/mol. The van der Waals surface area contributed by atoms with Crippen LogP contribution in [0.1, 0.15) is 18.1 Å². The summed E-state index contributed by atoms with van der Waals surface area (Å²) in [6.07, 6.45) is 2.83. The highest BCUT2D eigenvalue weighted by molar-refractivity contribution is 5.91. The van der Waals surface area contributed by atoms with Crippen LogP contribution >= 0.6 is 0 Å². The summed E-state index contributed by atoms with van der Waals surface area (Å²) in [4.78, 5) is 13.2. The fourth-order valence-electron chi connectivity index (χ4n) is 1.55. The Morgan fingerprint density at radius 3 is 2.71 bits per heavy atom. The molecule has 0 bridgehead atoms.